The first kappa shape index (κ1) is 17.1. The number of nitrogens with one attached hydrogen (secondary N) is 1. The summed E-state index contributed by atoms with van der Waals surface area (Å²) in [7, 11) is 0. The van der Waals surface area contributed by atoms with E-state index in [1.165, 1.54) is 0 Å². The first-order valence-electron chi connectivity index (χ1n) is 7.23. The van der Waals surface area contributed by atoms with Crippen LogP contribution in [0.3, 0.4) is 0 Å². The highest BCUT2D eigenvalue weighted by Gasteiger charge is 2.08. The summed E-state index contributed by atoms with van der Waals surface area (Å²) in [5.41, 5.74) is 0.367. The number of hydrogen-bond donors (Lipinski definition) is 2. The fraction of sp³-hybridized carbons (Fsp3) is 0.167. The van der Waals surface area contributed by atoms with E-state index in [1.807, 2.05) is 48.5 Å². The average molecular weight is 331 g/mol. The Labute approximate surface area is 140 Å². The van der Waals surface area contributed by atoms with Crippen LogP contribution < -0.4 is 10.2 Å². The van der Waals surface area contributed by atoms with Gasteiger partial charge in [-0.3, -0.25) is 5.41 Å². The highest BCUT2D eigenvalue weighted by atomic mass is 35.5. The number of benzene rings is 2. The molecule has 4 nitrogen and oxygen atoms in total. The summed E-state index contributed by atoms with van der Waals surface area (Å²) in [4.78, 5) is 0. The Hall–Kier alpha value is -2.30. The number of aliphatic hydroxyl groups excluding tert-OH is 1. The van der Waals surface area contributed by atoms with Gasteiger partial charge in [0.25, 0.3) is 0 Å². The van der Waals surface area contributed by atoms with E-state index in [0.29, 0.717) is 12.0 Å². The van der Waals surface area contributed by atoms with Crippen LogP contribution in [0.5, 0.6) is 5.75 Å². The Morgan fingerprint density at radius 1 is 1.00 bits per heavy atom. The zero-order chi connectivity index (χ0) is 15.4. The molecule has 0 fully saturated rings. The smallest absolute Gasteiger partial charge is 0.127 e. The monoisotopic (exact) mass is 330 g/mol. The lowest BCUT2D eigenvalue weighted by Crippen LogP contribution is -2.29. The van der Waals surface area contributed by atoms with Gasteiger partial charge in [-0.15, -0.1) is 12.4 Å². The molecule has 0 spiro atoms. The van der Waals surface area contributed by atoms with Crippen molar-refractivity contribution >= 4 is 23.2 Å². The molecule has 1 atom stereocenters. The number of aromatic nitrogens is 1. The van der Waals surface area contributed by atoms with Crippen LogP contribution in [0.1, 0.15) is 0 Å². The van der Waals surface area contributed by atoms with E-state index >= 15 is 0 Å². The van der Waals surface area contributed by atoms with Crippen LogP contribution in [0.2, 0.25) is 0 Å². The maximum Gasteiger partial charge on any atom is 0.127 e. The van der Waals surface area contributed by atoms with Gasteiger partial charge < -0.3 is 14.4 Å². The Balaban J connectivity index is 0.00000192. The van der Waals surface area contributed by atoms with Crippen LogP contribution in [0.4, 0.5) is 0 Å². The molecule has 0 radical (unpaired) electrons. The van der Waals surface area contributed by atoms with Crippen molar-refractivity contribution in [1.29, 1.82) is 5.41 Å². The molecule has 5 heteroatoms. The van der Waals surface area contributed by atoms with Gasteiger partial charge in [-0.2, -0.15) is 0 Å². The second-order valence-electron chi connectivity index (χ2n) is 5.18. The Morgan fingerprint density at radius 2 is 1.74 bits per heavy atom. The van der Waals surface area contributed by atoms with Crippen molar-refractivity contribution in [1.82, 2.24) is 4.57 Å². The molecule has 0 amide bonds. The number of halogens is 1. The second-order valence-corrected chi connectivity index (χ2v) is 5.18. The van der Waals surface area contributed by atoms with E-state index in [-0.39, 0.29) is 19.0 Å². The van der Waals surface area contributed by atoms with Gasteiger partial charge in [-0.25, -0.2) is 0 Å². The molecule has 3 aromatic rings. The topological polar surface area (TPSA) is 58.2 Å². The van der Waals surface area contributed by atoms with Gasteiger partial charge in [-0.05, 0) is 23.6 Å². The lowest BCUT2D eigenvalue weighted by atomic mass is 10.1. The molecule has 2 N–H and O–H groups in total. The summed E-state index contributed by atoms with van der Waals surface area (Å²) in [6, 6.07) is 19.2. The Morgan fingerprint density at radius 3 is 2.57 bits per heavy atom. The van der Waals surface area contributed by atoms with Crippen molar-refractivity contribution in [2.75, 3.05) is 6.61 Å². The van der Waals surface area contributed by atoms with Crippen molar-refractivity contribution in [2.24, 2.45) is 0 Å². The highest BCUT2D eigenvalue weighted by Crippen LogP contribution is 2.25. The largest absolute Gasteiger partial charge is 0.490 e. The Bertz CT molecular complexity index is 827. The van der Waals surface area contributed by atoms with Crippen LogP contribution in [0.15, 0.2) is 66.9 Å². The summed E-state index contributed by atoms with van der Waals surface area (Å²) >= 11 is 0. The molecule has 23 heavy (non-hydrogen) atoms. The number of rotatable bonds is 5. The van der Waals surface area contributed by atoms with E-state index in [4.69, 9.17) is 10.1 Å². The number of pyridine rings is 1. The summed E-state index contributed by atoms with van der Waals surface area (Å²) in [5.74, 6) is 0.765. The third kappa shape index (κ3) is 4.12. The third-order valence-corrected chi connectivity index (χ3v) is 3.53. The van der Waals surface area contributed by atoms with Crippen LogP contribution in [-0.4, -0.2) is 22.4 Å². The summed E-state index contributed by atoms with van der Waals surface area (Å²) in [5, 5.41) is 20.1. The summed E-state index contributed by atoms with van der Waals surface area (Å²) in [6.07, 6.45) is 1.11. The molecule has 0 bridgehead atoms. The number of ether oxygens (including phenoxy) is 1. The number of fused-ring (bicyclic) bond motifs is 1. The van der Waals surface area contributed by atoms with Gasteiger partial charge in [0.15, 0.2) is 0 Å². The number of hydrogen-bond acceptors (Lipinski definition) is 3. The molecule has 0 aliphatic carbocycles. The molecule has 0 saturated heterocycles. The normalized spacial score (nSPS) is 11.7. The van der Waals surface area contributed by atoms with Crippen molar-refractivity contribution < 1.29 is 9.84 Å². The SMILES string of the molecule is Cl.N=c1ccccn1CC(O)COc1cccc2ccccc12. The lowest BCUT2D eigenvalue weighted by Gasteiger charge is -2.15. The van der Waals surface area contributed by atoms with E-state index < -0.39 is 6.10 Å². The predicted octanol–water partition coefficient (Wildman–Crippen LogP) is 2.98. The summed E-state index contributed by atoms with van der Waals surface area (Å²) < 4.78 is 7.46. The molecule has 120 valence electrons. The first-order valence-corrected chi connectivity index (χ1v) is 7.23. The molecular formula is C18H19ClN2O2. The standard InChI is InChI=1S/C18H18N2O2.ClH/c19-18-10-3-4-11-20(18)12-15(21)13-22-17-9-5-7-14-6-1-2-8-16(14)17;/h1-11,15,19,21H,12-13H2;1H. The van der Waals surface area contributed by atoms with Crippen LogP contribution in [-0.2, 0) is 6.54 Å². The maximum absolute atomic E-state index is 10.1. The first-order chi connectivity index (χ1) is 10.7. The fourth-order valence-corrected chi connectivity index (χ4v) is 2.42. The van der Waals surface area contributed by atoms with Crippen LogP contribution >= 0.6 is 12.4 Å². The van der Waals surface area contributed by atoms with Gasteiger partial charge in [-0.1, -0.05) is 42.5 Å². The molecule has 0 saturated carbocycles. The minimum absolute atomic E-state index is 0. The molecule has 0 aliphatic rings. The van der Waals surface area contributed by atoms with Crippen LogP contribution in [0, 0.1) is 5.41 Å². The number of nitrogens with zero attached hydrogens (tertiary/aromatic N) is 1. The zero-order valence-electron chi connectivity index (χ0n) is 12.6. The zero-order valence-corrected chi connectivity index (χ0v) is 13.4. The molecule has 3 rings (SSSR count). The van der Waals surface area contributed by atoms with Gasteiger partial charge in [0.2, 0.25) is 0 Å². The second kappa shape index (κ2) is 7.81. The van der Waals surface area contributed by atoms with Crippen molar-refractivity contribution in [3.8, 4) is 5.75 Å². The van der Waals surface area contributed by atoms with Gasteiger partial charge in [0.1, 0.15) is 23.9 Å². The predicted molar refractivity (Wildman–Crippen MR) is 93.0 cm³/mol. The Kier molecular flexibility index (Phi) is 5.79. The molecule has 2 aromatic carbocycles. The molecule has 1 aromatic heterocycles. The van der Waals surface area contributed by atoms with Crippen molar-refractivity contribution in [3.05, 3.63) is 72.3 Å². The maximum atomic E-state index is 10.1. The third-order valence-electron chi connectivity index (χ3n) is 3.53. The van der Waals surface area contributed by atoms with Gasteiger partial charge >= 0.3 is 0 Å². The van der Waals surface area contributed by atoms with E-state index in [1.54, 1.807) is 22.9 Å². The van der Waals surface area contributed by atoms with E-state index in [0.717, 1.165) is 16.5 Å². The molecular weight excluding hydrogens is 312 g/mol. The molecule has 0 aliphatic heterocycles. The molecule has 1 heterocycles. The quantitative estimate of drug-likeness (QED) is 0.755. The van der Waals surface area contributed by atoms with Crippen molar-refractivity contribution in [3.63, 3.8) is 0 Å². The highest BCUT2D eigenvalue weighted by molar-refractivity contribution is 5.88. The minimum atomic E-state index is -0.671. The van der Waals surface area contributed by atoms with Gasteiger partial charge in [0.05, 0.1) is 6.54 Å². The molecule has 1 unspecified atom stereocenters. The van der Waals surface area contributed by atoms with Gasteiger partial charge in [0, 0.05) is 11.6 Å². The van der Waals surface area contributed by atoms with Crippen LogP contribution in [0.25, 0.3) is 10.8 Å². The number of aliphatic hydroxyl groups is 1. The average Bonchev–Trinajstić information content (AvgIpc) is 2.55. The minimum Gasteiger partial charge on any atom is -0.490 e. The summed E-state index contributed by atoms with van der Waals surface area (Å²) in [6.45, 7) is 0.528. The van der Waals surface area contributed by atoms with Crippen molar-refractivity contribution in [2.45, 2.75) is 12.6 Å². The lowest BCUT2D eigenvalue weighted by molar-refractivity contribution is 0.0920. The fourth-order valence-electron chi connectivity index (χ4n) is 2.42. The van der Waals surface area contributed by atoms with E-state index in [9.17, 15) is 5.11 Å². The van der Waals surface area contributed by atoms with E-state index in [2.05, 4.69) is 0 Å².